The average Bonchev–Trinajstić information content (AvgIpc) is 2.78. The molecule has 0 radical (unpaired) electrons. The van der Waals surface area contributed by atoms with Gasteiger partial charge in [-0.25, -0.2) is 0 Å². The van der Waals surface area contributed by atoms with Crippen LogP contribution in [-0.4, -0.2) is 70.3 Å². The van der Waals surface area contributed by atoms with Crippen LogP contribution in [0.3, 0.4) is 0 Å². The molecule has 160 valence electrons. The van der Waals surface area contributed by atoms with E-state index in [2.05, 4.69) is 22.1 Å². The second-order valence-corrected chi connectivity index (χ2v) is 9.33. The molecule has 1 N–H and O–H groups in total. The molecule has 0 saturated carbocycles. The van der Waals surface area contributed by atoms with Gasteiger partial charge in [-0.1, -0.05) is 13.0 Å². The fraction of sp³-hybridized carbons (Fsp3) is 0.682. The SMILES string of the molecule is CCSCCC(=O)N1CCC(N2CCCC(C(=O)NCc3ccccn3)C2)CC1. The Hall–Kier alpha value is -1.60. The Morgan fingerprint density at radius 2 is 2.03 bits per heavy atom. The van der Waals surface area contributed by atoms with Gasteiger partial charge in [0.05, 0.1) is 18.2 Å². The largest absolute Gasteiger partial charge is 0.350 e. The molecule has 2 aliphatic rings. The van der Waals surface area contributed by atoms with Crippen molar-refractivity contribution in [3.05, 3.63) is 30.1 Å². The quantitative estimate of drug-likeness (QED) is 0.657. The molecule has 0 spiro atoms. The Bertz CT molecular complexity index is 649. The molecule has 6 nitrogen and oxygen atoms in total. The summed E-state index contributed by atoms with van der Waals surface area (Å²) in [4.78, 5) is 33.8. The van der Waals surface area contributed by atoms with Crippen LogP contribution < -0.4 is 5.32 Å². The topological polar surface area (TPSA) is 65.5 Å². The lowest BCUT2D eigenvalue weighted by Crippen LogP contribution is -2.51. The van der Waals surface area contributed by atoms with Crippen LogP contribution in [0.1, 0.15) is 44.7 Å². The van der Waals surface area contributed by atoms with Crippen molar-refractivity contribution >= 4 is 23.6 Å². The smallest absolute Gasteiger partial charge is 0.224 e. The monoisotopic (exact) mass is 418 g/mol. The summed E-state index contributed by atoms with van der Waals surface area (Å²) in [7, 11) is 0. The molecule has 0 aromatic carbocycles. The molecule has 3 rings (SSSR count). The number of likely N-dealkylation sites (tertiary alicyclic amines) is 2. The van der Waals surface area contributed by atoms with Gasteiger partial charge in [0.2, 0.25) is 11.8 Å². The van der Waals surface area contributed by atoms with E-state index in [0.717, 1.165) is 69.1 Å². The van der Waals surface area contributed by atoms with Gasteiger partial charge >= 0.3 is 0 Å². The molecule has 2 aliphatic heterocycles. The molecule has 2 fully saturated rings. The maximum Gasteiger partial charge on any atom is 0.224 e. The van der Waals surface area contributed by atoms with E-state index >= 15 is 0 Å². The molecule has 7 heteroatoms. The third-order valence-electron chi connectivity index (χ3n) is 5.99. The van der Waals surface area contributed by atoms with Crippen molar-refractivity contribution in [2.24, 2.45) is 5.92 Å². The summed E-state index contributed by atoms with van der Waals surface area (Å²) in [5, 5.41) is 3.06. The van der Waals surface area contributed by atoms with Crippen LogP contribution in [0.5, 0.6) is 0 Å². The zero-order valence-electron chi connectivity index (χ0n) is 17.5. The molecule has 0 bridgehead atoms. The highest BCUT2D eigenvalue weighted by Crippen LogP contribution is 2.24. The summed E-state index contributed by atoms with van der Waals surface area (Å²) < 4.78 is 0. The molecule has 2 saturated heterocycles. The highest BCUT2D eigenvalue weighted by Gasteiger charge is 2.32. The maximum absolute atomic E-state index is 12.6. The number of hydrogen-bond acceptors (Lipinski definition) is 5. The lowest BCUT2D eigenvalue weighted by Gasteiger charge is -2.42. The van der Waals surface area contributed by atoms with E-state index in [1.165, 1.54) is 0 Å². The zero-order valence-corrected chi connectivity index (χ0v) is 18.3. The number of nitrogens with one attached hydrogen (secondary N) is 1. The highest BCUT2D eigenvalue weighted by atomic mass is 32.2. The first kappa shape index (κ1) is 22.1. The molecule has 1 atom stereocenters. The highest BCUT2D eigenvalue weighted by molar-refractivity contribution is 7.99. The molecule has 1 aromatic rings. The second-order valence-electron chi connectivity index (χ2n) is 7.93. The van der Waals surface area contributed by atoms with Crippen molar-refractivity contribution in [2.75, 3.05) is 37.7 Å². The minimum atomic E-state index is 0.0539. The van der Waals surface area contributed by atoms with Crippen LogP contribution in [0.25, 0.3) is 0 Å². The second kappa shape index (κ2) is 11.6. The first-order valence-corrected chi connectivity index (χ1v) is 12.1. The number of nitrogens with zero attached hydrogens (tertiary/aromatic N) is 3. The fourth-order valence-electron chi connectivity index (χ4n) is 4.32. The predicted octanol–water partition coefficient (Wildman–Crippen LogP) is 2.54. The maximum atomic E-state index is 12.6. The van der Waals surface area contributed by atoms with Crippen LogP contribution in [0.2, 0.25) is 0 Å². The molecule has 0 aliphatic carbocycles. The van der Waals surface area contributed by atoms with Crippen LogP contribution in [0.15, 0.2) is 24.4 Å². The number of hydrogen-bond donors (Lipinski definition) is 1. The molecule has 3 heterocycles. The van der Waals surface area contributed by atoms with Gasteiger partial charge < -0.3 is 10.2 Å². The number of rotatable bonds is 8. The third-order valence-corrected chi connectivity index (χ3v) is 6.89. The lowest BCUT2D eigenvalue weighted by atomic mass is 9.93. The summed E-state index contributed by atoms with van der Waals surface area (Å²) in [5.74, 6) is 2.49. The Labute approximate surface area is 178 Å². The zero-order chi connectivity index (χ0) is 20.5. The van der Waals surface area contributed by atoms with E-state index in [1.54, 1.807) is 6.20 Å². The number of piperidine rings is 2. The Morgan fingerprint density at radius 1 is 1.21 bits per heavy atom. The Kier molecular flexibility index (Phi) is 8.80. The van der Waals surface area contributed by atoms with Crippen LogP contribution in [0.4, 0.5) is 0 Å². The number of thioether (sulfide) groups is 1. The fourth-order valence-corrected chi connectivity index (χ4v) is 4.93. The minimum absolute atomic E-state index is 0.0539. The van der Waals surface area contributed by atoms with E-state index < -0.39 is 0 Å². The first-order chi connectivity index (χ1) is 14.2. The third kappa shape index (κ3) is 6.71. The standard InChI is InChI=1S/C22H34N4O2S/c1-2-29-15-10-21(27)25-13-8-20(9-14-25)26-12-5-6-18(17-26)22(28)24-16-19-7-3-4-11-23-19/h3-4,7,11,18,20H,2,5-6,8-10,12-17H2,1H3,(H,24,28). The van der Waals surface area contributed by atoms with Gasteiger partial charge in [0.15, 0.2) is 0 Å². The van der Waals surface area contributed by atoms with Crippen molar-refractivity contribution in [3.8, 4) is 0 Å². The molecular weight excluding hydrogens is 384 g/mol. The van der Waals surface area contributed by atoms with Crippen molar-refractivity contribution in [3.63, 3.8) is 0 Å². The Balaban J connectivity index is 1.41. The van der Waals surface area contributed by atoms with E-state index in [0.29, 0.717) is 24.9 Å². The van der Waals surface area contributed by atoms with Crippen LogP contribution in [0, 0.1) is 5.92 Å². The van der Waals surface area contributed by atoms with Gasteiger partial charge in [0.25, 0.3) is 0 Å². The summed E-state index contributed by atoms with van der Waals surface area (Å²) in [6, 6.07) is 6.25. The van der Waals surface area contributed by atoms with Gasteiger partial charge in [-0.2, -0.15) is 11.8 Å². The van der Waals surface area contributed by atoms with Gasteiger partial charge in [-0.15, -0.1) is 0 Å². The van der Waals surface area contributed by atoms with E-state index in [4.69, 9.17) is 0 Å². The van der Waals surface area contributed by atoms with E-state index in [-0.39, 0.29) is 11.8 Å². The lowest BCUT2D eigenvalue weighted by molar-refractivity contribution is -0.132. The molecule has 2 amide bonds. The van der Waals surface area contributed by atoms with Gasteiger partial charge in [-0.3, -0.25) is 19.5 Å². The summed E-state index contributed by atoms with van der Waals surface area (Å²) in [6.45, 7) is 6.23. The number of amides is 2. The number of aromatic nitrogens is 1. The van der Waals surface area contributed by atoms with Crippen molar-refractivity contribution in [2.45, 2.75) is 51.6 Å². The molecule has 1 aromatic heterocycles. The average molecular weight is 419 g/mol. The Morgan fingerprint density at radius 3 is 2.76 bits per heavy atom. The summed E-state index contributed by atoms with van der Waals surface area (Å²) in [6.07, 6.45) is 6.48. The summed E-state index contributed by atoms with van der Waals surface area (Å²) in [5.41, 5.74) is 0.892. The van der Waals surface area contributed by atoms with Crippen molar-refractivity contribution in [1.82, 2.24) is 20.1 Å². The number of pyridine rings is 1. The first-order valence-electron chi connectivity index (χ1n) is 10.9. The minimum Gasteiger partial charge on any atom is -0.350 e. The molecular formula is C22H34N4O2S. The predicted molar refractivity (Wildman–Crippen MR) is 118 cm³/mol. The van der Waals surface area contributed by atoms with Crippen LogP contribution in [-0.2, 0) is 16.1 Å². The summed E-state index contributed by atoms with van der Waals surface area (Å²) >= 11 is 1.83. The normalized spacial score (nSPS) is 21.1. The van der Waals surface area contributed by atoms with Gasteiger partial charge in [-0.05, 0) is 50.1 Å². The van der Waals surface area contributed by atoms with Gasteiger partial charge in [0, 0.05) is 44.0 Å². The van der Waals surface area contributed by atoms with Crippen molar-refractivity contribution < 1.29 is 9.59 Å². The van der Waals surface area contributed by atoms with Crippen molar-refractivity contribution in [1.29, 1.82) is 0 Å². The molecule has 1 unspecified atom stereocenters. The molecule has 29 heavy (non-hydrogen) atoms. The van der Waals surface area contributed by atoms with Crippen LogP contribution >= 0.6 is 11.8 Å². The number of carbonyl (C=O) groups excluding carboxylic acids is 2. The number of carbonyl (C=O) groups is 2. The van der Waals surface area contributed by atoms with E-state index in [1.807, 2.05) is 34.9 Å². The van der Waals surface area contributed by atoms with E-state index in [9.17, 15) is 9.59 Å². The van der Waals surface area contributed by atoms with Gasteiger partial charge in [0.1, 0.15) is 0 Å².